The summed E-state index contributed by atoms with van der Waals surface area (Å²) in [7, 11) is 5.54. The van der Waals surface area contributed by atoms with Crippen LogP contribution in [0.15, 0.2) is 34.6 Å². The van der Waals surface area contributed by atoms with Crippen molar-refractivity contribution >= 4 is 41.3 Å². The molecule has 0 saturated carbocycles. The summed E-state index contributed by atoms with van der Waals surface area (Å²) >= 11 is 1.74. The third-order valence-electron chi connectivity index (χ3n) is 3.67. The van der Waals surface area contributed by atoms with Crippen LogP contribution in [0.1, 0.15) is 22.7 Å². The van der Waals surface area contributed by atoms with Crippen LogP contribution in [0, 0.1) is 6.92 Å². The first kappa shape index (κ1) is 21.7. The topological polar surface area (TPSA) is 49.8 Å². The van der Waals surface area contributed by atoms with E-state index in [9.17, 15) is 0 Å². The van der Waals surface area contributed by atoms with E-state index >= 15 is 0 Å². The predicted molar refractivity (Wildman–Crippen MR) is 116 cm³/mol. The van der Waals surface area contributed by atoms with Gasteiger partial charge in [-0.3, -0.25) is 4.99 Å². The zero-order chi connectivity index (χ0) is 17.4. The number of benzene rings is 1. The number of aryl methyl sites for hydroxylation is 2. The molecular formula is C18H27IN4OS. The van der Waals surface area contributed by atoms with Gasteiger partial charge < -0.3 is 15.0 Å². The fourth-order valence-corrected chi connectivity index (χ4v) is 3.24. The van der Waals surface area contributed by atoms with Crippen molar-refractivity contribution in [1.29, 1.82) is 0 Å². The van der Waals surface area contributed by atoms with E-state index in [1.165, 1.54) is 10.6 Å². The normalized spacial score (nSPS) is 11.0. The molecule has 0 aliphatic carbocycles. The molecule has 2 rings (SSSR count). The fourth-order valence-electron chi connectivity index (χ4n) is 2.42. The number of hydrogen-bond donors (Lipinski definition) is 1. The van der Waals surface area contributed by atoms with Crippen LogP contribution in [-0.2, 0) is 13.0 Å². The number of rotatable bonds is 7. The maximum Gasteiger partial charge on any atom is 0.193 e. The number of methoxy groups -OCH3 is 1. The van der Waals surface area contributed by atoms with Gasteiger partial charge in [0.1, 0.15) is 5.75 Å². The van der Waals surface area contributed by atoms with Gasteiger partial charge in [0.05, 0.1) is 12.1 Å². The first-order valence-corrected chi connectivity index (χ1v) is 8.96. The van der Waals surface area contributed by atoms with Crippen molar-refractivity contribution < 1.29 is 4.74 Å². The largest absolute Gasteiger partial charge is 0.497 e. The first-order chi connectivity index (χ1) is 11.6. The Kier molecular flexibility index (Phi) is 9.81. The van der Waals surface area contributed by atoms with Crippen LogP contribution in [-0.4, -0.2) is 43.6 Å². The van der Waals surface area contributed by atoms with E-state index in [2.05, 4.69) is 37.7 Å². The molecule has 7 heteroatoms. The van der Waals surface area contributed by atoms with Crippen molar-refractivity contribution in [3.8, 4) is 5.75 Å². The molecule has 0 aliphatic rings. The molecule has 0 aliphatic heterocycles. The summed E-state index contributed by atoms with van der Waals surface area (Å²) in [6, 6.07) is 8.12. The Bertz CT molecular complexity index is 657. The highest BCUT2D eigenvalue weighted by molar-refractivity contribution is 14.0. The van der Waals surface area contributed by atoms with Crippen LogP contribution < -0.4 is 10.1 Å². The molecule has 0 unspecified atom stereocenters. The first-order valence-electron chi connectivity index (χ1n) is 8.08. The Morgan fingerprint density at radius 3 is 2.60 bits per heavy atom. The fraction of sp³-hybridized carbons (Fsp3) is 0.444. The predicted octanol–water partition coefficient (Wildman–Crippen LogP) is 3.72. The number of ether oxygens (including phenoxy) is 1. The monoisotopic (exact) mass is 474 g/mol. The maximum absolute atomic E-state index is 5.19. The van der Waals surface area contributed by atoms with Crippen molar-refractivity contribution in [3.05, 3.63) is 45.9 Å². The van der Waals surface area contributed by atoms with Crippen LogP contribution in [0.25, 0.3) is 0 Å². The number of hydrogen-bond acceptors (Lipinski definition) is 4. The highest BCUT2D eigenvalue weighted by Gasteiger charge is 2.07. The molecule has 2 aromatic rings. The minimum Gasteiger partial charge on any atom is -0.497 e. The van der Waals surface area contributed by atoms with Crippen molar-refractivity contribution in [2.75, 3.05) is 27.7 Å². The van der Waals surface area contributed by atoms with Crippen molar-refractivity contribution in [3.63, 3.8) is 0 Å². The second-order valence-electron chi connectivity index (χ2n) is 5.66. The Morgan fingerprint density at radius 2 is 2.04 bits per heavy atom. The van der Waals surface area contributed by atoms with Gasteiger partial charge in [0.25, 0.3) is 0 Å². The summed E-state index contributed by atoms with van der Waals surface area (Å²) < 4.78 is 5.19. The zero-order valence-electron chi connectivity index (χ0n) is 15.3. The third kappa shape index (κ3) is 7.19. The summed E-state index contributed by atoms with van der Waals surface area (Å²) in [6.45, 7) is 3.72. The standard InChI is InChI=1S/C18H26N4OS.HI/c1-14-13-24-17(21-14)6-5-11-20-18(19-2)22(3)12-15-7-9-16(23-4)10-8-15;/h7-10,13H,5-6,11-12H2,1-4H3,(H,19,20);1H. The van der Waals surface area contributed by atoms with Crippen molar-refractivity contribution in [1.82, 2.24) is 15.2 Å². The lowest BCUT2D eigenvalue weighted by molar-refractivity contribution is 0.414. The molecule has 138 valence electrons. The minimum absolute atomic E-state index is 0. The van der Waals surface area contributed by atoms with Crippen molar-refractivity contribution in [2.45, 2.75) is 26.3 Å². The number of aliphatic imine (C=N–C) groups is 1. The number of guanidine groups is 1. The average Bonchev–Trinajstić information content (AvgIpc) is 3.01. The Balaban J connectivity index is 0.00000312. The summed E-state index contributed by atoms with van der Waals surface area (Å²) in [5, 5.41) is 6.72. The SMILES string of the molecule is CN=C(NCCCc1nc(C)cs1)N(C)Cc1ccc(OC)cc1.I. The van der Waals surface area contributed by atoms with E-state index in [0.29, 0.717) is 0 Å². The minimum atomic E-state index is 0. The molecule has 0 fully saturated rings. The molecule has 0 amide bonds. The number of halogens is 1. The maximum atomic E-state index is 5.19. The van der Waals surface area contributed by atoms with Gasteiger partial charge in [0, 0.05) is 44.7 Å². The molecule has 0 saturated heterocycles. The molecule has 0 bridgehead atoms. The molecule has 0 spiro atoms. The second kappa shape index (κ2) is 11.3. The molecular weight excluding hydrogens is 447 g/mol. The van der Waals surface area contributed by atoms with Crippen LogP contribution in [0.3, 0.4) is 0 Å². The van der Waals surface area contributed by atoms with Gasteiger partial charge in [-0.05, 0) is 31.0 Å². The van der Waals surface area contributed by atoms with Gasteiger partial charge >= 0.3 is 0 Å². The van der Waals surface area contributed by atoms with Gasteiger partial charge in [0.2, 0.25) is 0 Å². The summed E-state index contributed by atoms with van der Waals surface area (Å²) in [5.74, 6) is 1.78. The van der Waals surface area contributed by atoms with E-state index in [1.807, 2.05) is 33.2 Å². The second-order valence-corrected chi connectivity index (χ2v) is 6.61. The lowest BCUT2D eigenvalue weighted by Crippen LogP contribution is -2.39. The quantitative estimate of drug-likeness (QED) is 0.288. The van der Waals surface area contributed by atoms with Gasteiger partial charge in [-0.25, -0.2) is 4.98 Å². The van der Waals surface area contributed by atoms with Crippen LogP contribution in [0.2, 0.25) is 0 Å². The molecule has 1 heterocycles. The highest BCUT2D eigenvalue weighted by Crippen LogP contribution is 2.13. The zero-order valence-corrected chi connectivity index (χ0v) is 18.4. The number of aromatic nitrogens is 1. The summed E-state index contributed by atoms with van der Waals surface area (Å²) in [6.07, 6.45) is 2.05. The summed E-state index contributed by atoms with van der Waals surface area (Å²) in [5.41, 5.74) is 2.33. The van der Waals surface area contributed by atoms with Crippen LogP contribution >= 0.6 is 35.3 Å². The average molecular weight is 474 g/mol. The lowest BCUT2D eigenvalue weighted by atomic mass is 10.2. The van der Waals surface area contributed by atoms with Crippen LogP contribution in [0.4, 0.5) is 0 Å². The van der Waals surface area contributed by atoms with E-state index < -0.39 is 0 Å². The molecule has 1 aromatic heterocycles. The Labute approximate surface area is 171 Å². The third-order valence-corrected chi connectivity index (χ3v) is 4.70. The van der Waals surface area contributed by atoms with Gasteiger partial charge in [-0.15, -0.1) is 35.3 Å². The lowest BCUT2D eigenvalue weighted by Gasteiger charge is -2.22. The molecule has 25 heavy (non-hydrogen) atoms. The summed E-state index contributed by atoms with van der Waals surface area (Å²) in [4.78, 5) is 11.0. The van der Waals surface area contributed by atoms with Crippen molar-refractivity contribution in [2.24, 2.45) is 4.99 Å². The van der Waals surface area contributed by atoms with E-state index in [4.69, 9.17) is 4.74 Å². The molecule has 1 aromatic carbocycles. The van der Waals surface area contributed by atoms with Gasteiger partial charge in [-0.2, -0.15) is 0 Å². The van der Waals surface area contributed by atoms with Crippen LogP contribution in [0.5, 0.6) is 5.75 Å². The van der Waals surface area contributed by atoms with E-state index in [-0.39, 0.29) is 24.0 Å². The van der Waals surface area contributed by atoms with E-state index in [1.54, 1.807) is 18.4 Å². The number of thiazole rings is 1. The van der Waals surface area contributed by atoms with E-state index in [0.717, 1.165) is 43.3 Å². The Morgan fingerprint density at radius 1 is 1.32 bits per heavy atom. The number of nitrogens with one attached hydrogen (secondary N) is 1. The molecule has 0 atom stereocenters. The van der Waals surface area contributed by atoms with Gasteiger partial charge in [-0.1, -0.05) is 12.1 Å². The van der Waals surface area contributed by atoms with Gasteiger partial charge in [0.15, 0.2) is 5.96 Å². The Hall–Kier alpha value is -1.35. The molecule has 5 nitrogen and oxygen atoms in total. The number of nitrogens with zero attached hydrogens (tertiary/aromatic N) is 3. The smallest absolute Gasteiger partial charge is 0.193 e. The molecule has 0 radical (unpaired) electrons. The molecule has 1 N–H and O–H groups in total. The highest BCUT2D eigenvalue weighted by atomic mass is 127.